The minimum absolute atomic E-state index is 0.0195. The highest BCUT2D eigenvalue weighted by Gasteiger charge is 2.23. The molecule has 1 heterocycles. The molecule has 0 aliphatic rings. The van der Waals surface area contributed by atoms with Gasteiger partial charge in [-0.2, -0.15) is 4.98 Å². The third-order valence-corrected chi connectivity index (χ3v) is 3.26. The number of aromatic nitrogens is 2. The maximum Gasteiger partial charge on any atom is 0.292 e. The van der Waals surface area contributed by atoms with E-state index in [9.17, 15) is 14.0 Å². The Balaban J connectivity index is 2.04. The summed E-state index contributed by atoms with van der Waals surface area (Å²) in [5.74, 6) is -1.16. The van der Waals surface area contributed by atoms with Crippen LogP contribution in [0.25, 0.3) is 0 Å². The third kappa shape index (κ3) is 4.13. The van der Waals surface area contributed by atoms with E-state index >= 15 is 0 Å². The van der Waals surface area contributed by atoms with Crippen molar-refractivity contribution < 1.29 is 18.5 Å². The van der Waals surface area contributed by atoms with Gasteiger partial charge in [0.1, 0.15) is 11.9 Å². The summed E-state index contributed by atoms with van der Waals surface area (Å²) in [4.78, 5) is 29.4. The molecule has 0 aliphatic carbocycles. The molecule has 0 radical (unpaired) electrons. The summed E-state index contributed by atoms with van der Waals surface area (Å²) in [6, 6.07) is 5.10. The van der Waals surface area contributed by atoms with Crippen molar-refractivity contribution in [2.24, 2.45) is 0 Å². The molecule has 1 aromatic heterocycles. The van der Waals surface area contributed by atoms with E-state index in [4.69, 9.17) is 4.52 Å². The Kier molecular flexibility index (Phi) is 5.59. The molecule has 0 saturated heterocycles. The Labute approximate surface area is 138 Å². The number of hydrogen-bond donors (Lipinski definition) is 2. The number of carbonyl (C=O) groups excluding carboxylic acids is 2. The Morgan fingerprint density at radius 3 is 2.54 bits per heavy atom. The second kappa shape index (κ2) is 7.64. The number of halogens is 1. The standard InChI is InChI=1S/C15H18FN5O3/c1-17-15(23)13-19-11(24-20-13)8-18-14(22)12(21(2)3)9-4-6-10(16)7-5-9/h4-7,12H,8H2,1-3H3,(H,17,23)(H,18,22)/t12-/m1/s1. The number of amides is 2. The van der Waals surface area contributed by atoms with E-state index in [0.29, 0.717) is 5.56 Å². The summed E-state index contributed by atoms with van der Waals surface area (Å²) in [5, 5.41) is 8.54. The highest BCUT2D eigenvalue weighted by Crippen LogP contribution is 2.19. The van der Waals surface area contributed by atoms with Crippen LogP contribution in [-0.2, 0) is 11.3 Å². The van der Waals surface area contributed by atoms with Crippen molar-refractivity contribution in [1.29, 1.82) is 0 Å². The number of rotatable bonds is 6. The van der Waals surface area contributed by atoms with Gasteiger partial charge in [0.05, 0.1) is 6.54 Å². The first-order valence-corrected chi connectivity index (χ1v) is 7.16. The van der Waals surface area contributed by atoms with Crippen molar-refractivity contribution in [3.8, 4) is 0 Å². The van der Waals surface area contributed by atoms with E-state index in [1.54, 1.807) is 31.1 Å². The molecular weight excluding hydrogens is 317 g/mol. The lowest BCUT2D eigenvalue weighted by Crippen LogP contribution is -2.36. The molecule has 9 heteroatoms. The molecule has 2 rings (SSSR count). The minimum atomic E-state index is -0.605. The molecule has 128 valence electrons. The van der Waals surface area contributed by atoms with Gasteiger partial charge in [0.25, 0.3) is 11.7 Å². The first-order valence-electron chi connectivity index (χ1n) is 7.16. The van der Waals surface area contributed by atoms with E-state index in [1.807, 2.05) is 0 Å². The van der Waals surface area contributed by atoms with Gasteiger partial charge in [0.15, 0.2) is 0 Å². The van der Waals surface area contributed by atoms with Crippen LogP contribution in [0.5, 0.6) is 0 Å². The molecule has 24 heavy (non-hydrogen) atoms. The zero-order valence-corrected chi connectivity index (χ0v) is 13.5. The van der Waals surface area contributed by atoms with Gasteiger partial charge in [0, 0.05) is 7.05 Å². The Morgan fingerprint density at radius 1 is 1.29 bits per heavy atom. The van der Waals surface area contributed by atoms with Crippen LogP contribution in [0.2, 0.25) is 0 Å². The average Bonchev–Trinajstić information content (AvgIpc) is 3.03. The quantitative estimate of drug-likeness (QED) is 0.797. The molecule has 1 aromatic carbocycles. The molecular formula is C15H18FN5O3. The molecule has 2 amide bonds. The van der Waals surface area contributed by atoms with Crippen LogP contribution in [0.1, 0.15) is 28.1 Å². The molecule has 0 bridgehead atoms. The lowest BCUT2D eigenvalue weighted by molar-refractivity contribution is -0.126. The first kappa shape index (κ1) is 17.5. The fraction of sp³-hybridized carbons (Fsp3) is 0.333. The van der Waals surface area contributed by atoms with Crippen molar-refractivity contribution >= 4 is 11.8 Å². The van der Waals surface area contributed by atoms with Crippen molar-refractivity contribution in [2.45, 2.75) is 12.6 Å². The van der Waals surface area contributed by atoms with E-state index in [1.165, 1.54) is 19.2 Å². The highest BCUT2D eigenvalue weighted by atomic mass is 19.1. The molecule has 1 atom stereocenters. The van der Waals surface area contributed by atoms with Crippen LogP contribution in [-0.4, -0.2) is 48.0 Å². The van der Waals surface area contributed by atoms with E-state index < -0.39 is 11.9 Å². The lowest BCUT2D eigenvalue weighted by atomic mass is 10.1. The van der Waals surface area contributed by atoms with Crippen molar-refractivity contribution in [1.82, 2.24) is 25.7 Å². The molecule has 2 N–H and O–H groups in total. The predicted molar refractivity (Wildman–Crippen MR) is 82.4 cm³/mol. The Bertz CT molecular complexity index is 714. The highest BCUT2D eigenvalue weighted by molar-refractivity contribution is 5.89. The second-order valence-electron chi connectivity index (χ2n) is 5.23. The molecule has 2 aromatic rings. The summed E-state index contributed by atoms with van der Waals surface area (Å²) in [5.41, 5.74) is 0.649. The van der Waals surface area contributed by atoms with Crippen LogP contribution >= 0.6 is 0 Å². The van der Waals surface area contributed by atoms with E-state index in [-0.39, 0.29) is 30.0 Å². The Morgan fingerprint density at radius 2 is 1.96 bits per heavy atom. The summed E-state index contributed by atoms with van der Waals surface area (Å²) >= 11 is 0. The minimum Gasteiger partial charge on any atom is -0.352 e. The number of nitrogens with one attached hydrogen (secondary N) is 2. The number of carbonyl (C=O) groups is 2. The fourth-order valence-corrected chi connectivity index (χ4v) is 2.12. The number of nitrogens with zero attached hydrogens (tertiary/aromatic N) is 3. The largest absolute Gasteiger partial charge is 0.352 e. The predicted octanol–water partition coefficient (Wildman–Crippen LogP) is 0.487. The molecule has 0 aliphatic heterocycles. The normalized spacial score (nSPS) is 12.0. The second-order valence-corrected chi connectivity index (χ2v) is 5.23. The summed E-state index contributed by atoms with van der Waals surface area (Å²) in [6.45, 7) is -0.0195. The number of benzene rings is 1. The summed E-state index contributed by atoms with van der Waals surface area (Å²) in [7, 11) is 4.93. The van der Waals surface area contributed by atoms with Gasteiger partial charge < -0.3 is 15.2 Å². The molecule has 0 fully saturated rings. The SMILES string of the molecule is CNC(=O)c1noc(CNC(=O)[C@@H](c2ccc(F)cc2)N(C)C)n1. The van der Waals surface area contributed by atoms with E-state index in [2.05, 4.69) is 20.8 Å². The zero-order valence-electron chi connectivity index (χ0n) is 13.5. The van der Waals surface area contributed by atoms with Gasteiger partial charge >= 0.3 is 0 Å². The van der Waals surface area contributed by atoms with Gasteiger partial charge in [0.2, 0.25) is 11.8 Å². The van der Waals surface area contributed by atoms with Gasteiger partial charge in [-0.1, -0.05) is 17.3 Å². The van der Waals surface area contributed by atoms with Crippen LogP contribution in [0, 0.1) is 5.82 Å². The molecule has 0 spiro atoms. The van der Waals surface area contributed by atoms with E-state index in [0.717, 1.165) is 0 Å². The first-order chi connectivity index (χ1) is 11.4. The van der Waals surface area contributed by atoms with Gasteiger partial charge in [-0.3, -0.25) is 14.5 Å². The summed E-state index contributed by atoms with van der Waals surface area (Å²) in [6.07, 6.45) is 0. The number of hydrogen-bond acceptors (Lipinski definition) is 6. The van der Waals surface area contributed by atoms with Crippen LogP contribution in [0.15, 0.2) is 28.8 Å². The number of likely N-dealkylation sites (N-methyl/N-ethyl adjacent to an activating group) is 1. The maximum absolute atomic E-state index is 13.0. The average molecular weight is 335 g/mol. The fourth-order valence-electron chi connectivity index (χ4n) is 2.12. The van der Waals surface area contributed by atoms with Crippen LogP contribution in [0.4, 0.5) is 4.39 Å². The molecule has 0 saturated carbocycles. The van der Waals surface area contributed by atoms with Crippen molar-refractivity contribution in [2.75, 3.05) is 21.1 Å². The van der Waals surface area contributed by atoms with Gasteiger partial charge in [-0.05, 0) is 31.8 Å². The molecule has 0 unspecified atom stereocenters. The zero-order chi connectivity index (χ0) is 17.7. The topological polar surface area (TPSA) is 100 Å². The van der Waals surface area contributed by atoms with Crippen LogP contribution in [0.3, 0.4) is 0 Å². The van der Waals surface area contributed by atoms with Gasteiger partial charge in [-0.25, -0.2) is 4.39 Å². The van der Waals surface area contributed by atoms with Crippen LogP contribution < -0.4 is 10.6 Å². The van der Waals surface area contributed by atoms with Crippen molar-refractivity contribution in [3.63, 3.8) is 0 Å². The maximum atomic E-state index is 13.0. The smallest absolute Gasteiger partial charge is 0.292 e. The van der Waals surface area contributed by atoms with Gasteiger partial charge in [-0.15, -0.1) is 0 Å². The lowest BCUT2D eigenvalue weighted by Gasteiger charge is -2.23. The Hall–Kier alpha value is -2.81. The van der Waals surface area contributed by atoms with Crippen molar-refractivity contribution in [3.05, 3.63) is 47.4 Å². The monoisotopic (exact) mass is 335 g/mol. The summed E-state index contributed by atoms with van der Waals surface area (Å²) < 4.78 is 17.9. The molecule has 8 nitrogen and oxygen atoms in total. The third-order valence-electron chi connectivity index (χ3n) is 3.26.